The molecule has 1 aromatic heterocycles. The first-order chi connectivity index (χ1) is 11.5. The summed E-state index contributed by atoms with van der Waals surface area (Å²) in [5.41, 5.74) is 10.8. The summed E-state index contributed by atoms with van der Waals surface area (Å²) in [4.78, 5) is 23.2. The monoisotopic (exact) mass is 322 g/mol. The first-order valence-corrected chi connectivity index (χ1v) is 8.15. The van der Waals surface area contributed by atoms with E-state index >= 15 is 0 Å². The van der Waals surface area contributed by atoms with E-state index in [1.54, 1.807) is 0 Å². The Morgan fingerprint density at radius 1 is 1.42 bits per heavy atom. The Labute approximate surface area is 142 Å². The lowest BCUT2D eigenvalue weighted by molar-refractivity contribution is -0.132. The molecule has 0 saturated heterocycles. The maximum Gasteiger partial charge on any atom is 0.227 e. The molecule has 1 atom stereocenters. The molecule has 0 fully saturated rings. The molecule has 0 saturated carbocycles. The molecule has 2 N–H and O–H groups in total. The molecule has 0 bridgehead atoms. The van der Waals surface area contributed by atoms with E-state index in [4.69, 9.17) is 5.73 Å². The van der Waals surface area contributed by atoms with Gasteiger partial charge >= 0.3 is 0 Å². The highest BCUT2D eigenvalue weighted by Gasteiger charge is 2.34. The van der Waals surface area contributed by atoms with Crippen molar-refractivity contribution < 1.29 is 4.79 Å². The molecule has 2 aromatic rings. The Kier molecular flexibility index (Phi) is 4.34. The fourth-order valence-corrected chi connectivity index (χ4v) is 3.15. The van der Waals surface area contributed by atoms with Crippen LogP contribution in [0.1, 0.15) is 43.1 Å². The summed E-state index contributed by atoms with van der Waals surface area (Å²) < 4.78 is 0. The first kappa shape index (κ1) is 16.2. The third kappa shape index (κ3) is 2.89. The van der Waals surface area contributed by atoms with Gasteiger partial charge in [-0.3, -0.25) is 4.79 Å². The second-order valence-corrected chi connectivity index (χ2v) is 6.13. The molecule has 1 aliphatic heterocycles. The largest absolute Gasteiger partial charge is 0.368 e. The average Bonchev–Trinajstić information content (AvgIpc) is 2.89. The summed E-state index contributed by atoms with van der Waals surface area (Å²) in [7, 11) is 0. The number of hydrogen-bond donors (Lipinski definition) is 1. The fraction of sp³-hybridized carbons (Fsp3) is 0.316. The number of aromatic nitrogens is 2. The van der Waals surface area contributed by atoms with Crippen molar-refractivity contribution >= 4 is 11.9 Å². The van der Waals surface area contributed by atoms with Crippen LogP contribution in [0.25, 0.3) is 11.3 Å². The van der Waals surface area contributed by atoms with Crippen LogP contribution in [0.15, 0.2) is 36.4 Å². The zero-order valence-electron chi connectivity index (χ0n) is 14.3. The Bertz CT molecular complexity index is 813. The van der Waals surface area contributed by atoms with Gasteiger partial charge in [0.1, 0.15) is 0 Å². The fourth-order valence-electron chi connectivity index (χ4n) is 3.15. The maximum atomic E-state index is 12.5. The second-order valence-electron chi connectivity index (χ2n) is 6.13. The Hall–Kier alpha value is -2.69. The van der Waals surface area contributed by atoms with Crippen LogP contribution in [-0.2, 0) is 11.3 Å². The summed E-state index contributed by atoms with van der Waals surface area (Å²) in [6, 6.07) is 8.06. The predicted octanol–water partition coefficient (Wildman–Crippen LogP) is 3.40. The SMILES string of the molecule is C/C=C/CC(=O)N1Cc2c(-c3cccc(C)c3)nc(N)nc2[C@H]1C. The summed E-state index contributed by atoms with van der Waals surface area (Å²) in [6.07, 6.45) is 4.17. The van der Waals surface area contributed by atoms with Gasteiger partial charge in [-0.05, 0) is 26.8 Å². The van der Waals surface area contributed by atoms with Crippen LogP contribution >= 0.6 is 0 Å². The topological polar surface area (TPSA) is 72.1 Å². The van der Waals surface area contributed by atoms with Crippen molar-refractivity contribution in [3.63, 3.8) is 0 Å². The van der Waals surface area contributed by atoms with Gasteiger partial charge in [0.25, 0.3) is 0 Å². The first-order valence-electron chi connectivity index (χ1n) is 8.15. The molecule has 24 heavy (non-hydrogen) atoms. The van der Waals surface area contributed by atoms with Gasteiger partial charge in [-0.15, -0.1) is 0 Å². The van der Waals surface area contributed by atoms with Crippen molar-refractivity contribution in [1.82, 2.24) is 14.9 Å². The minimum absolute atomic E-state index is 0.0902. The van der Waals surface area contributed by atoms with Crippen LogP contribution < -0.4 is 5.73 Å². The lowest BCUT2D eigenvalue weighted by Crippen LogP contribution is -2.27. The van der Waals surface area contributed by atoms with E-state index in [1.807, 2.05) is 56.0 Å². The van der Waals surface area contributed by atoms with Crippen molar-refractivity contribution in [1.29, 1.82) is 0 Å². The molecule has 1 aromatic carbocycles. The van der Waals surface area contributed by atoms with E-state index < -0.39 is 0 Å². The Morgan fingerprint density at radius 2 is 2.21 bits per heavy atom. The van der Waals surface area contributed by atoms with Gasteiger partial charge in [-0.2, -0.15) is 0 Å². The number of carbonyl (C=O) groups excluding carboxylic acids is 1. The standard InChI is InChI=1S/C19H22N4O/c1-4-5-9-16(24)23-11-15-17(13(23)3)21-19(20)22-18(15)14-8-6-7-12(2)10-14/h4-8,10,13H,9,11H2,1-3H3,(H2,20,21,22)/b5-4+/t13-/m1/s1. The second kappa shape index (κ2) is 6.43. The van der Waals surface area contributed by atoms with Crippen molar-refractivity contribution in [2.45, 2.75) is 39.8 Å². The molecule has 3 rings (SSSR count). The zero-order chi connectivity index (χ0) is 17.3. The molecule has 2 heterocycles. The molecular weight excluding hydrogens is 300 g/mol. The van der Waals surface area contributed by atoms with Gasteiger partial charge in [0.05, 0.1) is 24.0 Å². The number of fused-ring (bicyclic) bond motifs is 1. The van der Waals surface area contributed by atoms with Crippen LogP contribution in [0, 0.1) is 6.92 Å². The third-order valence-corrected chi connectivity index (χ3v) is 4.39. The van der Waals surface area contributed by atoms with Crippen molar-refractivity contribution in [2.24, 2.45) is 0 Å². The quantitative estimate of drug-likeness (QED) is 0.879. The van der Waals surface area contributed by atoms with Crippen LogP contribution in [0.4, 0.5) is 5.95 Å². The Morgan fingerprint density at radius 3 is 2.92 bits per heavy atom. The molecule has 124 valence electrons. The minimum atomic E-state index is -0.0911. The van der Waals surface area contributed by atoms with Crippen molar-refractivity contribution in [3.8, 4) is 11.3 Å². The van der Waals surface area contributed by atoms with E-state index in [9.17, 15) is 4.79 Å². The van der Waals surface area contributed by atoms with E-state index in [2.05, 4.69) is 16.0 Å². The maximum absolute atomic E-state index is 12.5. The lowest BCUT2D eigenvalue weighted by Gasteiger charge is -2.20. The highest BCUT2D eigenvalue weighted by molar-refractivity contribution is 5.80. The van der Waals surface area contributed by atoms with Crippen LogP contribution in [0.3, 0.4) is 0 Å². The van der Waals surface area contributed by atoms with E-state index in [0.717, 1.165) is 28.1 Å². The number of allylic oxidation sites excluding steroid dienone is 1. The van der Waals surface area contributed by atoms with E-state index in [-0.39, 0.29) is 17.9 Å². The molecule has 5 heteroatoms. The number of benzene rings is 1. The van der Waals surface area contributed by atoms with Crippen LogP contribution in [0.5, 0.6) is 0 Å². The van der Waals surface area contributed by atoms with Crippen LogP contribution in [-0.4, -0.2) is 20.8 Å². The highest BCUT2D eigenvalue weighted by Crippen LogP contribution is 2.38. The predicted molar refractivity (Wildman–Crippen MR) is 95.0 cm³/mol. The lowest BCUT2D eigenvalue weighted by atomic mass is 10.0. The van der Waals surface area contributed by atoms with Gasteiger partial charge in [0, 0.05) is 17.5 Å². The number of amides is 1. The Balaban J connectivity index is 2.03. The van der Waals surface area contributed by atoms with Crippen molar-refractivity contribution in [3.05, 3.63) is 53.2 Å². The van der Waals surface area contributed by atoms with Gasteiger partial charge in [0.15, 0.2) is 0 Å². The van der Waals surface area contributed by atoms with Crippen molar-refractivity contribution in [2.75, 3.05) is 5.73 Å². The molecule has 1 amide bonds. The smallest absolute Gasteiger partial charge is 0.227 e. The van der Waals surface area contributed by atoms with Gasteiger partial charge in [-0.1, -0.05) is 35.9 Å². The average molecular weight is 322 g/mol. The summed E-state index contributed by atoms with van der Waals surface area (Å²) in [5.74, 6) is 0.340. The highest BCUT2D eigenvalue weighted by atomic mass is 16.2. The number of rotatable bonds is 3. The van der Waals surface area contributed by atoms with E-state index in [1.165, 1.54) is 0 Å². The number of aryl methyl sites for hydroxylation is 1. The number of nitrogens with zero attached hydrogens (tertiary/aromatic N) is 3. The van der Waals surface area contributed by atoms with Crippen LogP contribution in [0.2, 0.25) is 0 Å². The number of nitrogen functional groups attached to an aromatic ring is 1. The van der Waals surface area contributed by atoms with Gasteiger partial charge in [0.2, 0.25) is 11.9 Å². The molecular formula is C19H22N4O. The summed E-state index contributed by atoms with van der Waals surface area (Å²) in [5, 5.41) is 0. The number of nitrogens with two attached hydrogens (primary N) is 1. The van der Waals surface area contributed by atoms with Gasteiger partial charge < -0.3 is 10.6 Å². The summed E-state index contributed by atoms with van der Waals surface area (Å²) >= 11 is 0. The normalized spacial score (nSPS) is 16.6. The molecule has 1 aliphatic rings. The van der Waals surface area contributed by atoms with Gasteiger partial charge in [-0.25, -0.2) is 9.97 Å². The van der Waals surface area contributed by atoms with E-state index in [0.29, 0.717) is 13.0 Å². The number of anilines is 1. The zero-order valence-corrected chi connectivity index (χ0v) is 14.3. The number of hydrogen-bond acceptors (Lipinski definition) is 4. The summed E-state index contributed by atoms with van der Waals surface area (Å²) in [6.45, 7) is 6.48. The molecule has 0 spiro atoms. The number of carbonyl (C=O) groups is 1. The third-order valence-electron chi connectivity index (χ3n) is 4.39. The molecule has 0 radical (unpaired) electrons. The molecule has 0 aliphatic carbocycles. The minimum Gasteiger partial charge on any atom is -0.368 e. The molecule has 5 nitrogen and oxygen atoms in total. The molecule has 0 unspecified atom stereocenters.